The zero-order chi connectivity index (χ0) is 14.7. The van der Waals surface area contributed by atoms with Crippen LogP contribution in [-0.2, 0) is 11.2 Å². The average Bonchev–Trinajstić information content (AvgIpc) is 2.43. The minimum absolute atomic E-state index is 0.0719. The van der Waals surface area contributed by atoms with E-state index in [4.69, 9.17) is 0 Å². The van der Waals surface area contributed by atoms with Gasteiger partial charge in [0.25, 0.3) is 0 Å². The summed E-state index contributed by atoms with van der Waals surface area (Å²) >= 11 is 0. The van der Waals surface area contributed by atoms with E-state index < -0.39 is 0 Å². The molecule has 0 saturated carbocycles. The lowest BCUT2D eigenvalue weighted by atomic mass is 9.99. The van der Waals surface area contributed by atoms with Crippen molar-refractivity contribution in [1.29, 1.82) is 0 Å². The number of aromatic nitrogens is 1. The van der Waals surface area contributed by atoms with Crippen molar-refractivity contribution < 1.29 is 4.79 Å². The van der Waals surface area contributed by atoms with Gasteiger partial charge in [0.05, 0.1) is 11.9 Å². The Morgan fingerprint density at radius 2 is 2.00 bits per heavy atom. The lowest BCUT2D eigenvalue weighted by Crippen LogP contribution is -2.33. The predicted molar refractivity (Wildman–Crippen MR) is 82.8 cm³/mol. The molecule has 1 N–H and O–H groups in total. The number of hydrogen-bond donors (Lipinski definition) is 1. The van der Waals surface area contributed by atoms with Crippen LogP contribution in [0.5, 0.6) is 0 Å². The van der Waals surface area contributed by atoms with Crippen molar-refractivity contribution in [2.24, 2.45) is 0 Å². The Labute approximate surface area is 120 Å². The second kappa shape index (κ2) is 6.04. The Kier molecular flexibility index (Phi) is 4.38. The first-order chi connectivity index (χ1) is 9.52. The number of para-hydroxylation sites is 1. The molecule has 0 bridgehead atoms. The van der Waals surface area contributed by atoms with Crippen LogP contribution in [0.25, 0.3) is 10.9 Å². The molecule has 0 saturated heterocycles. The molecule has 3 nitrogen and oxygen atoms in total. The van der Waals surface area contributed by atoms with Crippen LogP contribution in [0.1, 0.15) is 37.1 Å². The van der Waals surface area contributed by atoms with Crippen LogP contribution < -0.4 is 5.32 Å². The number of benzene rings is 1. The molecule has 0 aliphatic rings. The molecule has 1 heterocycles. The standard InChI is InChI=1S/C17H22N2O/c1-5-11(2)18-17(20)10-15-12(3)14-8-6-7-9-16(14)19-13(15)4/h6-9,11H,5,10H2,1-4H3,(H,18,20)/t11-/m1/s1. The largest absolute Gasteiger partial charge is 0.353 e. The van der Waals surface area contributed by atoms with Gasteiger partial charge in [-0.15, -0.1) is 0 Å². The molecule has 20 heavy (non-hydrogen) atoms. The summed E-state index contributed by atoms with van der Waals surface area (Å²) in [4.78, 5) is 16.7. The van der Waals surface area contributed by atoms with Crippen LogP contribution in [0.3, 0.4) is 0 Å². The number of carbonyl (C=O) groups is 1. The highest BCUT2D eigenvalue weighted by atomic mass is 16.1. The van der Waals surface area contributed by atoms with Crippen LogP contribution in [0.2, 0.25) is 0 Å². The van der Waals surface area contributed by atoms with E-state index in [1.807, 2.05) is 32.0 Å². The Bertz CT molecular complexity index is 634. The number of nitrogens with zero attached hydrogens (tertiary/aromatic N) is 1. The van der Waals surface area contributed by atoms with Gasteiger partial charge in [0.1, 0.15) is 0 Å². The number of fused-ring (bicyclic) bond motifs is 1. The van der Waals surface area contributed by atoms with Crippen molar-refractivity contribution in [3.05, 3.63) is 41.1 Å². The number of carbonyl (C=O) groups excluding carboxylic acids is 1. The smallest absolute Gasteiger partial charge is 0.224 e. The first-order valence-electron chi connectivity index (χ1n) is 7.17. The van der Waals surface area contributed by atoms with E-state index in [9.17, 15) is 4.79 Å². The number of aryl methyl sites for hydroxylation is 2. The molecule has 0 aliphatic carbocycles. The molecule has 1 aromatic heterocycles. The van der Waals surface area contributed by atoms with Crippen molar-refractivity contribution in [3.8, 4) is 0 Å². The van der Waals surface area contributed by atoms with Gasteiger partial charge in [0, 0.05) is 17.1 Å². The molecule has 1 aromatic carbocycles. The number of amides is 1. The molecule has 0 fully saturated rings. The van der Waals surface area contributed by atoms with E-state index in [0.717, 1.165) is 34.1 Å². The fourth-order valence-electron chi connectivity index (χ4n) is 2.42. The summed E-state index contributed by atoms with van der Waals surface area (Å²) in [6.45, 7) is 8.14. The summed E-state index contributed by atoms with van der Waals surface area (Å²) in [5.41, 5.74) is 4.14. The van der Waals surface area contributed by atoms with Gasteiger partial charge in [-0.2, -0.15) is 0 Å². The maximum atomic E-state index is 12.1. The monoisotopic (exact) mass is 270 g/mol. The molecule has 2 rings (SSSR count). The zero-order valence-corrected chi connectivity index (χ0v) is 12.7. The molecule has 0 aliphatic heterocycles. The Morgan fingerprint density at radius 3 is 2.70 bits per heavy atom. The maximum Gasteiger partial charge on any atom is 0.224 e. The lowest BCUT2D eigenvalue weighted by Gasteiger charge is -2.15. The Hall–Kier alpha value is -1.90. The van der Waals surface area contributed by atoms with Gasteiger partial charge in [-0.05, 0) is 44.4 Å². The Balaban J connectivity index is 2.32. The third kappa shape index (κ3) is 2.98. The normalized spacial score (nSPS) is 12.4. The van der Waals surface area contributed by atoms with E-state index in [0.29, 0.717) is 6.42 Å². The summed E-state index contributed by atoms with van der Waals surface area (Å²) in [7, 11) is 0. The van der Waals surface area contributed by atoms with Crippen molar-refractivity contribution in [3.63, 3.8) is 0 Å². The van der Waals surface area contributed by atoms with E-state index in [1.54, 1.807) is 0 Å². The van der Waals surface area contributed by atoms with Crippen LogP contribution in [-0.4, -0.2) is 16.9 Å². The topological polar surface area (TPSA) is 42.0 Å². The summed E-state index contributed by atoms with van der Waals surface area (Å²) in [6.07, 6.45) is 1.35. The third-order valence-electron chi connectivity index (χ3n) is 3.84. The van der Waals surface area contributed by atoms with Crippen molar-refractivity contribution in [2.45, 2.75) is 46.6 Å². The highest BCUT2D eigenvalue weighted by molar-refractivity contribution is 5.86. The number of rotatable bonds is 4. The second-order valence-electron chi connectivity index (χ2n) is 5.37. The molecule has 1 atom stereocenters. The SMILES string of the molecule is CC[C@@H](C)NC(=O)Cc1c(C)nc2ccccc2c1C. The van der Waals surface area contributed by atoms with Gasteiger partial charge in [-0.1, -0.05) is 25.1 Å². The molecular formula is C17H22N2O. The van der Waals surface area contributed by atoms with Gasteiger partial charge in [0.15, 0.2) is 0 Å². The van der Waals surface area contributed by atoms with E-state index >= 15 is 0 Å². The number of hydrogen-bond acceptors (Lipinski definition) is 2. The number of nitrogens with one attached hydrogen (secondary N) is 1. The number of pyridine rings is 1. The minimum Gasteiger partial charge on any atom is -0.353 e. The fraction of sp³-hybridized carbons (Fsp3) is 0.412. The summed E-state index contributed by atoms with van der Waals surface area (Å²) in [6, 6.07) is 8.29. The highest BCUT2D eigenvalue weighted by Gasteiger charge is 2.13. The minimum atomic E-state index is 0.0719. The summed E-state index contributed by atoms with van der Waals surface area (Å²) in [5, 5.41) is 4.14. The van der Waals surface area contributed by atoms with Crippen LogP contribution in [0, 0.1) is 13.8 Å². The van der Waals surface area contributed by atoms with Crippen molar-refractivity contribution in [2.75, 3.05) is 0 Å². The molecule has 2 aromatic rings. The summed E-state index contributed by atoms with van der Waals surface area (Å²) < 4.78 is 0. The van der Waals surface area contributed by atoms with Gasteiger partial charge in [-0.3, -0.25) is 9.78 Å². The van der Waals surface area contributed by atoms with Crippen molar-refractivity contribution in [1.82, 2.24) is 10.3 Å². The average molecular weight is 270 g/mol. The lowest BCUT2D eigenvalue weighted by molar-refractivity contribution is -0.121. The highest BCUT2D eigenvalue weighted by Crippen LogP contribution is 2.22. The first kappa shape index (κ1) is 14.5. The van der Waals surface area contributed by atoms with Crippen molar-refractivity contribution >= 4 is 16.8 Å². The molecule has 0 spiro atoms. The molecule has 0 radical (unpaired) electrons. The first-order valence-corrected chi connectivity index (χ1v) is 7.17. The predicted octanol–water partition coefficient (Wildman–Crippen LogP) is 3.31. The molecule has 0 unspecified atom stereocenters. The molecule has 1 amide bonds. The zero-order valence-electron chi connectivity index (χ0n) is 12.7. The molecule has 106 valence electrons. The Morgan fingerprint density at radius 1 is 1.30 bits per heavy atom. The van der Waals surface area contributed by atoms with Gasteiger partial charge < -0.3 is 5.32 Å². The fourth-order valence-corrected chi connectivity index (χ4v) is 2.42. The van der Waals surface area contributed by atoms with Crippen LogP contribution in [0.4, 0.5) is 0 Å². The van der Waals surface area contributed by atoms with E-state index in [2.05, 4.69) is 30.2 Å². The quantitative estimate of drug-likeness (QED) is 0.926. The van der Waals surface area contributed by atoms with Crippen LogP contribution in [0.15, 0.2) is 24.3 Å². The van der Waals surface area contributed by atoms with Crippen LogP contribution >= 0.6 is 0 Å². The maximum absolute atomic E-state index is 12.1. The molecular weight excluding hydrogens is 248 g/mol. The van der Waals surface area contributed by atoms with E-state index in [-0.39, 0.29) is 11.9 Å². The third-order valence-corrected chi connectivity index (χ3v) is 3.84. The van der Waals surface area contributed by atoms with Gasteiger partial charge in [-0.25, -0.2) is 0 Å². The summed E-state index contributed by atoms with van der Waals surface area (Å²) in [5.74, 6) is 0.0719. The molecule has 3 heteroatoms. The van der Waals surface area contributed by atoms with Gasteiger partial charge in [0.2, 0.25) is 5.91 Å². The van der Waals surface area contributed by atoms with Gasteiger partial charge >= 0.3 is 0 Å². The second-order valence-corrected chi connectivity index (χ2v) is 5.37. The van der Waals surface area contributed by atoms with E-state index in [1.165, 1.54) is 0 Å².